The molecule has 0 spiro atoms. The van der Waals surface area contributed by atoms with E-state index in [9.17, 15) is 9.18 Å². The summed E-state index contributed by atoms with van der Waals surface area (Å²) in [5.74, 6) is 0.336. The van der Waals surface area contributed by atoms with E-state index >= 15 is 0 Å². The van der Waals surface area contributed by atoms with Gasteiger partial charge in [-0.1, -0.05) is 54.6 Å². The van der Waals surface area contributed by atoms with Gasteiger partial charge in [-0.2, -0.15) is 0 Å². The number of hydrogen-bond acceptors (Lipinski definition) is 6. The van der Waals surface area contributed by atoms with Crippen molar-refractivity contribution in [2.45, 2.75) is 26.2 Å². The summed E-state index contributed by atoms with van der Waals surface area (Å²) >= 11 is 1.45. The Morgan fingerprint density at radius 2 is 1.59 bits per heavy atom. The van der Waals surface area contributed by atoms with Crippen LogP contribution in [0.15, 0.2) is 84.2 Å². The zero-order valence-corrected chi connectivity index (χ0v) is 21.5. The Bertz CT molecular complexity index is 1250. The van der Waals surface area contributed by atoms with Crippen LogP contribution in [0.5, 0.6) is 5.75 Å². The van der Waals surface area contributed by atoms with Crippen molar-refractivity contribution >= 4 is 17.2 Å². The van der Waals surface area contributed by atoms with E-state index in [1.54, 1.807) is 24.6 Å². The van der Waals surface area contributed by atoms with Crippen LogP contribution in [0.1, 0.15) is 32.2 Å². The highest BCUT2D eigenvalue weighted by Gasteiger charge is 2.15. The number of carbonyl (C=O) groups excluding carboxylic acids is 1. The molecule has 8 heteroatoms. The Kier molecular flexibility index (Phi) is 9.76. The molecule has 1 heterocycles. The van der Waals surface area contributed by atoms with Crippen molar-refractivity contribution < 1.29 is 18.7 Å². The van der Waals surface area contributed by atoms with Gasteiger partial charge >= 0.3 is 0 Å². The first kappa shape index (κ1) is 26.5. The average molecular weight is 520 g/mol. The maximum Gasteiger partial charge on any atom is 0.270 e. The third-order valence-corrected chi connectivity index (χ3v) is 6.47. The predicted molar refractivity (Wildman–Crippen MR) is 143 cm³/mol. The fourth-order valence-electron chi connectivity index (χ4n) is 3.74. The van der Waals surface area contributed by atoms with E-state index < -0.39 is 0 Å². The van der Waals surface area contributed by atoms with E-state index in [4.69, 9.17) is 9.47 Å². The summed E-state index contributed by atoms with van der Waals surface area (Å²) in [7, 11) is 1.59. The Labute approximate surface area is 220 Å². The lowest BCUT2D eigenvalue weighted by Gasteiger charge is -2.22. The molecule has 3 aromatic carbocycles. The van der Waals surface area contributed by atoms with Gasteiger partial charge in [-0.05, 0) is 41.0 Å². The number of aromatic nitrogens is 1. The second-order valence-corrected chi connectivity index (χ2v) is 9.51. The van der Waals surface area contributed by atoms with E-state index in [0.717, 1.165) is 27.4 Å². The van der Waals surface area contributed by atoms with Crippen LogP contribution < -0.4 is 10.1 Å². The topological polar surface area (TPSA) is 63.7 Å². The van der Waals surface area contributed by atoms with Gasteiger partial charge in [0.1, 0.15) is 28.9 Å². The molecule has 0 fully saturated rings. The molecular weight excluding hydrogens is 489 g/mol. The molecule has 0 aliphatic rings. The second kappa shape index (κ2) is 13.6. The van der Waals surface area contributed by atoms with E-state index in [2.05, 4.69) is 27.3 Å². The van der Waals surface area contributed by atoms with Crippen LogP contribution >= 0.6 is 11.3 Å². The van der Waals surface area contributed by atoms with Crippen LogP contribution in [0.25, 0.3) is 0 Å². The molecule has 0 saturated heterocycles. The highest BCUT2D eigenvalue weighted by molar-refractivity contribution is 7.09. The number of amides is 1. The lowest BCUT2D eigenvalue weighted by atomic mass is 10.1. The molecule has 192 valence electrons. The number of ether oxygens (including phenoxy) is 2. The minimum atomic E-state index is -0.259. The van der Waals surface area contributed by atoms with Gasteiger partial charge in [-0.3, -0.25) is 9.69 Å². The van der Waals surface area contributed by atoms with Crippen LogP contribution in [0.4, 0.5) is 4.39 Å². The molecule has 1 N–H and O–H groups in total. The number of benzene rings is 3. The van der Waals surface area contributed by atoms with Crippen molar-refractivity contribution in [1.82, 2.24) is 15.2 Å². The summed E-state index contributed by atoms with van der Waals surface area (Å²) in [5.41, 5.74) is 3.63. The summed E-state index contributed by atoms with van der Waals surface area (Å²) in [4.78, 5) is 19.1. The molecule has 0 aliphatic carbocycles. The maximum atomic E-state index is 13.4. The van der Waals surface area contributed by atoms with Crippen molar-refractivity contribution in [1.29, 1.82) is 0 Å². The highest BCUT2D eigenvalue weighted by atomic mass is 32.1. The summed E-state index contributed by atoms with van der Waals surface area (Å²) in [5, 5.41) is 5.40. The van der Waals surface area contributed by atoms with Gasteiger partial charge in [0.25, 0.3) is 5.91 Å². The molecular formula is C29H30FN3O3S. The molecule has 4 rings (SSSR count). The Hall–Kier alpha value is -3.59. The maximum absolute atomic E-state index is 13.4. The van der Waals surface area contributed by atoms with Gasteiger partial charge in [-0.25, -0.2) is 9.37 Å². The van der Waals surface area contributed by atoms with Crippen LogP contribution in [0.3, 0.4) is 0 Å². The van der Waals surface area contributed by atoms with E-state index in [1.807, 2.05) is 42.5 Å². The van der Waals surface area contributed by atoms with Gasteiger partial charge in [-0.15, -0.1) is 11.3 Å². The summed E-state index contributed by atoms with van der Waals surface area (Å²) < 4.78 is 24.3. The van der Waals surface area contributed by atoms with Crippen LogP contribution in [0.2, 0.25) is 0 Å². The zero-order valence-electron chi connectivity index (χ0n) is 20.7. The second-order valence-electron chi connectivity index (χ2n) is 8.57. The standard InChI is InChI=1S/C29H30FN3O3S/c1-35-16-15-31-29(34)27-21-37-28(32-27)19-33(17-22-7-11-25(30)12-8-22)18-23-9-13-26(14-10-23)36-20-24-5-3-2-4-6-24/h2-14,21H,15-20H2,1H3,(H,31,34). The molecule has 1 aromatic heterocycles. The number of nitrogens with one attached hydrogen (secondary N) is 1. The first-order valence-corrected chi connectivity index (χ1v) is 12.9. The smallest absolute Gasteiger partial charge is 0.270 e. The quantitative estimate of drug-likeness (QED) is 0.238. The van der Waals surface area contributed by atoms with E-state index in [1.165, 1.54) is 23.5 Å². The average Bonchev–Trinajstić information content (AvgIpc) is 3.39. The van der Waals surface area contributed by atoms with Crippen LogP contribution in [-0.4, -0.2) is 36.1 Å². The number of carbonyl (C=O) groups is 1. The third kappa shape index (κ3) is 8.49. The SMILES string of the molecule is COCCNC(=O)c1csc(CN(Cc2ccc(F)cc2)Cc2ccc(OCc3ccccc3)cc2)n1. The number of hydrogen-bond donors (Lipinski definition) is 1. The highest BCUT2D eigenvalue weighted by Crippen LogP contribution is 2.20. The van der Waals surface area contributed by atoms with Crippen molar-refractivity contribution in [2.75, 3.05) is 20.3 Å². The molecule has 0 radical (unpaired) electrons. The largest absolute Gasteiger partial charge is 0.489 e. The molecule has 37 heavy (non-hydrogen) atoms. The molecule has 0 saturated carbocycles. The number of rotatable bonds is 13. The number of thiazole rings is 1. The molecule has 0 atom stereocenters. The predicted octanol–water partition coefficient (Wildman–Crippen LogP) is 5.44. The Balaban J connectivity index is 1.41. The minimum absolute atomic E-state index is 0.212. The lowest BCUT2D eigenvalue weighted by molar-refractivity contribution is 0.0932. The van der Waals surface area contributed by atoms with Crippen LogP contribution in [-0.2, 0) is 31.0 Å². The molecule has 0 bridgehead atoms. The monoisotopic (exact) mass is 519 g/mol. The lowest BCUT2D eigenvalue weighted by Crippen LogP contribution is -2.27. The molecule has 4 aromatic rings. The number of halogens is 1. The van der Waals surface area contributed by atoms with Gasteiger partial charge in [0, 0.05) is 32.1 Å². The number of methoxy groups -OCH3 is 1. The van der Waals surface area contributed by atoms with Gasteiger partial charge < -0.3 is 14.8 Å². The van der Waals surface area contributed by atoms with Crippen molar-refractivity contribution in [2.24, 2.45) is 0 Å². The zero-order chi connectivity index (χ0) is 25.9. The molecule has 0 unspecified atom stereocenters. The van der Waals surface area contributed by atoms with Gasteiger partial charge in [0.05, 0.1) is 13.2 Å². The van der Waals surface area contributed by atoms with Crippen molar-refractivity contribution in [3.63, 3.8) is 0 Å². The van der Waals surface area contributed by atoms with Crippen molar-refractivity contribution in [3.8, 4) is 5.75 Å². The summed E-state index contributed by atoms with van der Waals surface area (Å²) in [6.07, 6.45) is 0. The summed E-state index contributed by atoms with van der Waals surface area (Å²) in [6.45, 7) is 3.23. The van der Waals surface area contributed by atoms with Crippen LogP contribution in [0, 0.1) is 5.82 Å². The van der Waals surface area contributed by atoms with Gasteiger partial charge in [0.2, 0.25) is 0 Å². The first-order chi connectivity index (χ1) is 18.1. The molecule has 6 nitrogen and oxygen atoms in total. The van der Waals surface area contributed by atoms with Crippen molar-refractivity contribution in [3.05, 3.63) is 117 Å². The first-order valence-electron chi connectivity index (χ1n) is 12.0. The number of nitrogens with zero attached hydrogens (tertiary/aromatic N) is 2. The van der Waals surface area contributed by atoms with E-state index in [0.29, 0.717) is 45.1 Å². The molecule has 1 amide bonds. The normalized spacial score (nSPS) is 11.0. The molecule has 0 aliphatic heterocycles. The van der Waals surface area contributed by atoms with Gasteiger partial charge in [0.15, 0.2) is 0 Å². The Morgan fingerprint density at radius 3 is 2.27 bits per heavy atom. The fraction of sp³-hybridized carbons (Fsp3) is 0.241. The minimum Gasteiger partial charge on any atom is -0.489 e. The third-order valence-electron chi connectivity index (χ3n) is 5.63. The summed E-state index contributed by atoms with van der Waals surface area (Å²) in [6, 6.07) is 24.6. The Morgan fingerprint density at radius 1 is 0.919 bits per heavy atom. The fourth-order valence-corrected chi connectivity index (χ4v) is 4.56. The van der Waals surface area contributed by atoms with E-state index in [-0.39, 0.29) is 11.7 Å².